The standard InChI is InChI=1S/C29H31ClN8O3/c1-17-21(10-7-19(15-31)33-17)23-34-22-24(37-13-11-29(4,12-14-37)26(32)39)35-27(41-16-28(2,3)40)36-25(22)38(23)20-8-5-18(30)6-9-20/h5-10,40H,11-14,16H2,1-4H3,(H2,32,39). The summed E-state index contributed by atoms with van der Waals surface area (Å²) in [4.78, 5) is 33.1. The molecule has 0 radical (unpaired) electrons. The highest BCUT2D eigenvalue weighted by molar-refractivity contribution is 6.30. The number of nitriles is 1. The number of carbonyl (C=O) groups excluding carboxylic acids is 1. The summed E-state index contributed by atoms with van der Waals surface area (Å²) in [6.07, 6.45) is 1.11. The third kappa shape index (κ3) is 5.66. The van der Waals surface area contributed by atoms with Crippen LogP contribution in [0.4, 0.5) is 5.82 Å². The lowest BCUT2D eigenvalue weighted by Gasteiger charge is -2.37. The van der Waals surface area contributed by atoms with Crippen LogP contribution in [0, 0.1) is 23.7 Å². The summed E-state index contributed by atoms with van der Waals surface area (Å²) in [5.74, 6) is 0.767. The molecule has 5 rings (SSSR count). The first kappa shape index (κ1) is 28.3. The van der Waals surface area contributed by atoms with Crippen molar-refractivity contribution in [3.8, 4) is 29.2 Å². The number of nitrogens with zero attached hydrogens (tertiary/aromatic N) is 7. The minimum Gasteiger partial charge on any atom is -0.460 e. The molecule has 212 valence electrons. The van der Waals surface area contributed by atoms with E-state index in [1.54, 1.807) is 32.0 Å². The van der Waals surface area contributed by atoms with Gasteiger partial charge in [-0.25, -0.2) is 9.97 Å². The first-order chi connectivity index (χ1) is 19.4. The Morgan fingerprint density at radius 2 is 1.83 bits per heavy atom. The molecule has 4 heterocycles. The summed E-state index contributed by atoms with van der Waals surface area (Å²) < 4.78 is 7.76. The van der Waals surface area contributed by atoms with Gasteiger partial charge in [-0.2, -0.15) is 15.2 Å². The van der Waals surface area contributed by atoms with Crippen molar-refractivity contribution >= 4 is 34.5 Å². The Bertz CT molecular complexity index is 1660. The predicted molar refractivity (Wildman–Crippen MR) is 155 cm³/mol. The van der Waals surface area contributed by atoms with Crippen LogP contribution in [0.3, 0.4) is 0 Å². The monoisotopic (exact) mass is 574 g/mol. The van der Waals surface area contributed by atoms with Gasteiger partial charge in [0.1, 0.15) is 24.2 Å². The number of carbonyl (C=O) groups is 1. The second-order valence-electron chi connectivity index (χ2n) is 11.2. The molecule has 1 aromatic carbocycles. The predicted octanol–water partition coefficient (Wildman–Crippen LogP) is 3.95. The van der Waals surface area contributed by atoms with Gasteiger partial charge in [-0.1, -0.05) is 18.5 Å². The minimum atomic E-state index is -1.11. The SMILES string of the molecule is Cc1nc(C#N)ccc1-c1nc2c(N3CCC(C)(C(N)=O)CC3)nc(OCC(C)(C)O)nc2n1-c1ccc(Cl)cc1. The van der Waals surface area contributed by atoms with Gasteiger partial charge in [-0.05, 0) is 70.0 Å². The molecule has 1 aliphatic rings. The molecule has 12 heteroatoms. The number of ether oxygens (including phenoxy) is 1. The zero-order chi connectivity index (χ0) is 29.5. The molecule has 0 spiro atoms. The fourth-order valence-corrected chi connectivity index (χ4v) is 4.91. The number of halogens is 1. The largest absolute Gasteiger partial charge is 0.460 e. The number of hydrogen-bond donors (Lipinski definition) is 2. The third-order valence-corrected chi connectivity index (χ3v) is 7.56. The average molecular weight is 575 g/mol. The lowest BCUT2D eigenvalue weighted by Crippen LogP contribution is -2.45. The maximum atomic E-state index is 12.1. The third-order valence-electron chi connectivity index (χ3n) is 7.31. The van der Waals surface area contributed by atoms with Crippen LogP contribution >= 0.6 is 11.6 Å². The van der Waals surface area contributed by atoms with Crippen molar-refractivity contribution < 1.29 is 14.6 Å². The lowest BCUT2D eigenvalue weighted by molar-refractivity contribution is -0.127. The quantitative estimate of drug-likeness (QED) is 0.333. The second kappa shape index (κ2) is 10.6. The highest BCUT2D eigenvalue weighted by Gasteiger charge is 2.37. The Morgan fingerprint density at radius 1 is 1.15 bits per heavy atom. The van der Waals surface area contributed by atoms with E-state index in [0.29, 0.717) is 70.7 Å². The first-order valence-corrected chi connectivity index (χ1v) is 13.6. The number of piperidine rings is 1. The lowest BCUT2D eigenvalue weighted by atomic mass is 9.80. The molecule has 11 nitrogen and oxygen atoms in total. The normalized spacial score (nSPS) is 15.1. The molecule has 1 saturated heterocycles. The Kier molecular flexibility index (Phi) is 7.32. The molecule has 1 fully saturated rings. The van der Waals surface area contributed by atoms with Crippen LogP contribution < -0.4 is 15.4 Å². The molecule has 1 aliphatic heterocycles. The topological polar surface area (TPSA) is 156 Å². The number of imidazole rings is 1. The van der Waals surface area contributed by atoms with E-state index in [1.807, 2.05) is 36.6 Å². The van der Waals surface area contributed by atoms with Crippen molar-refractivity contribution in [2.75, 3.05) is 24.6 Å². The second-order valence-corrected chi connectivity index (χ2v) is 11.6. The average Bonchev–Trinajstić information content (AvgIpc) is 3.31. The molecular formula is C29H31ClN8O3. The summed E-state index contributed by atoms with van der Waals surface area (Å²) in [5.41, 5.74) is 7.36. The molecule has 41 heavy (non-hydrogen) atoms. The van der Waals surface area contributed by atoms with Crippen LogP contribution in [0.1, 0.15) is 45.0 Å². The minimum absolute atomic E-state index is 0.0295. The summed E-state index contributed by atoms with van der Waals surface area (Å²) in [6.45, 7) is 8.00. The summed E-state index contributed by atoms with van der Waals surface area (Å²) in [7, 11) is 0. The van der Waals surface area contributed by atoms with E-state index >= 15 is 0 Å². The van der Waals surface area contributed by atoms with Gasteiger partial charge >= 0.3 is 6.01 Å². The van der Waals surface area contributed by atoms with Gasteiger partial charge in [0.05, 0.1) is 5.60 Å². The van der Waals surface area contributed by atoms with Crippen molar-refractivity contribution in [3.05, 3.63) is 52.8 Å². The Morgan fingerprint density at radius 3 is 2.41 bits per heavy atom. The Hall–Kier alpha value is -4.27. The summed E-state index contributed by atoms with van der Waals surface area (Å²) in [5, 5.41) is 20.2. The van der Waals surface area contributed by atoms with Crippen LogP contribution in [0.15, 0.2) is 36.4 Å². The molecule has 0 saturated carbocycles. The Balaban J connectivity index is 1.75. The van der Waals surface area contributed by atoms with Crippen LogP contribution in [-0.2, 0) is 4.79 Å². The highest BCUT2D eigenvalue weighted by Crippen LogP contribution is 2.38. The van der Waals surface area contributed by atoms with Crippen molar-refractivity contribution in [3.63, 3.8) is 0 Å². The number of hydrogen-bond acceptors (Lipinski definition) is 9. The molecule has 3 aromatic heterocycles. The van der Waals surface area contributed by atoms with Gasteiger partial charge in [0.15, 0.2) is 17.0 Å². The highest BCUT2D eigenvalue weighted by atomic mass is 35.5. The van der Waals surface area contributed by atoms with Gasteiger partial charge in [-0.15, -0.1) is 0 Å². The van der Waals surface area contributed by atoms with Crippen molar-refractivity contribution in [1.82, 2.24) is 24.5 Å². The molecule has 1 amide bonds. The van der Waals surface area contributed by atoms with E-state index < -0.39 is 11.0 Å². The maximum absolute atomic E-state index is 12.1. The smallest absolute Gasteiger partial charge is 0.320 e. The van der Waals surface area contributed by atoms with Gasteiger partial charge in [0.2, 0.25) is 5.91 Å². The van der Waals surface area contributed by atoms with E-state index in [1.165, 1.54) is 0 Å². The van der Waals surface area contributed by atoms with Gasteiger partial charge in [0.25, 0.3) is 0 Å². The van der Waals surface area contributed by atoms with Crippen molar-refractivity contribution in [2.45, 2.75) is 46.1 Å². The number of aryl methyl sites for hydroxylation is 1. The maximum Gasteiger partial charge on any atom is 0.320 e. The number of aliphatic hydroxyl groups is 1. The fourth-order valence-electron chi connectivity index (χ4n) is 4.78. The number of anilines is 1. The van der Waals surface area contributed by atoms with Gasteiger partial charge in [-0.3, -0.25) is 9.36 Å². The molecular weight excluding hydrogens is 544 g/mol. The summed E-state index contributed by atoms with van der Waals surface area (Å²) >= 11 is 6.21. The van der Waals surface area contributed by atoms with Gasteiger partial charge < -0.3 is 20.5 Å². The zero-order valence-corrected chi connectivity index (χ0v) is 24.1. The van der Waals surface area contributed by atoms with Crippen LogP contribution in [0.2, 0.25) is 5.02 Å². The van der Waals surface area contributed by atoms with E-state index in [-0.39, 0.29) is 18.5 Å². The van der Waals surface area contributed by atoms with E-state index in [9.17, 15) is 15.2 Å². The van der Waals surface area contributed by atoms with E-state index in [4.69, 9.17) is 37.0 Å². The number of fused-ring (bicyclic) bond motifs is 1. The first-order valence-electron chi connectivity index (χ1n) is 13.2. The number of primary amides is 1. The summed E-state index contributed by atoms with van der Waals surface area (Å²) in [6, 6.07) is 12.9. The van der Waals surface area contributed by atoms with Crippen LogP contribution in [0.25, 0.3) is 28.2 Å². The Labute approximate surface area is 242 Å². The molecule has 3 N–H and O–H groups in total. The fraction of sp³-hybridized carbons (Fsp3) is 0.379. The number of rotatable bonds is 7. The van der Waals surface area contributed by atoms with Crippen molar-refractivity contribution in [1.29, 1.82) is 5.26 Å². The zero-order valence-electron chi connectivity index (χ0n) is 23.3. The van der Waals surface area contributed by atoms with Crippen LogP contribution in [-0.4, -0.2) is 60.8 Å². The molecule has 4 aromatic rings. The molecule has 0 bridgehead atoms. The van der Waals surface area contributed by atoms with Crippen molar-refractivity contribution in [2.24, 2.45) is 11.1 Å². The van der Waals surface area contributed by atoms with E-state index in [0.717, 1.165) is 5.69 Å². The number of amides is 1. The van der Waals surface area contributed by atoms with Crippen LogP contribution in [0.5, 0.6) is 6.01 Å². The molecule has 0 unspecified atom stereocenters. The molecule has 0 atom stereocenters. The molecule has 0 aliphatic carbocycles. The number of aromatic nitrogens is 5. The van der Waals surface area contributed by atoms with E-state index in [2.05, 4.69) is 16.0 Å². The number of pyridine rings is 1. The van der Waals surface area contributed by atoms with Gasteiger partial charge in [0, 0.05) is 40.5 Å². The number of benzene rings is 1. The number of nitrogens with two attached hydrogens (primary N) is 1.